The van der Waals surface area contributed by atoms with Crippen molar-refractivity contribution in [2.24, 2.45) is 5.11 Å². The lowest BCUT2D eigenvalue weighted by Crippen LogP contribution is -1.89. The molecule has 0 aromatic rings. The van der Waals surface area contributed by atoms with Gasteiger partial charge in [0.15, 0.2) is 0 Å². The summed E-state index contributed by atoms with van der Waals surface area (Å²) < 4.78 is 0. The topological polar surface area (TPSA) is 48.8 Å². The van der Waals surface area contributed by atoms with Crippen molar-refractivity contribution in [2.75, 3.05) is 0 Å². The highest BCUT2D eigenvalue weighted by atomic mass is 15.1. The van der Waals surface area contributed by atoms with E-state index in [4.69, 9.17) is 5.53 Å². The highest BCUT2D eigenvalue weighted by Gasteiger charge is 1.88. The van der Waals surface area contributed by atoms with Crippen LogP contribution in [0.5, 0.6) is 0 Å². The minimum Gasteiger partial charge on any atom is -0.0868 e. The van der Waals surface area contributed by atoms with Crippen LogP contribution in [0.3, 0.4) is 0 Å². The normalized spacial score (nSPS) is 11.4. The van der Waals surface area contributed by atoms with Crippen molar-refractivity contribution in [3.05, 3.63) is 22.1 Å². The second kappa shape index (κ2) is 3.98. The molecule has 0 aliphatic rings. The fourth-order valence-electron chi connectivity index (χ4n) is 0.597. The molecule has 0 saturated carbocycles. The summed E-state index contributed by atoms with van der Waals surface area (Å²) in [4.78, 5) is 2.67. The summed E-state index contributed by atoms with van der Waals surface area (Å²) in [5.74, 6) is 0. The van der Waals surface area contributed by atoms with Gasteiger partial charge in [0.25, 0.3) is 0 Å². The number of hydrogen-bond donors (Lipinski definition) is 0. The summed E-state index contributed by atoms with van der Waals surface area (Å²) in [6.45, 7) is 5.81. The lowest BCUT2D eigenvalue weighted by Gasteiger charge is -1.93. The van der Waals surface area contributed by atoms with Crippen LogP contribution in [0, 0.1) is 0 Å². The maximum atomic E-state index is 7.98. The minimum absolute atomic E-state index is 0.0139. The Bertz CT molecular complexity index is 150. The van der Waals surface area contributed by atoms with Crippen LogP contribution in [-0.2, 0) is 0 Å². The Morgan fingerprint density at radius 3 is 2.56 bits per heavy atom. The van der Waals surface area contributed by atoms with E-state index in [1.165, 1.54) is 5.57 Å². The zero-order valence-corrected chi connectivity index (χ0v) is 6.00. The monoisotopic (exact) mass is 125 g/mol. The standard InChI is InChI=1S/C6H11N3/c1-5(2)4-6(3)8-9-7/h4,6H,1-3H3. The number of hydrogen-bond acceptors (Lipinski definition) is 1. The van der Waals surface area contributed by atoms with Crippen molar-refractivity contribution in [1.29, 1.82) is 0 Å². The molecule has 0 aromatic carbocycles. The second-order valence-electron chi connectivity index (χ2n) is 2.19. The highest BCUT2D eigenvalue weighted by Crippen LogP contribution is 1.97. The molecule has 0 aromatic heterocycles. The molecule has 0 rings (SSSR count). The van der Waals surface area contributed by atoms with E-state index in [1.54, 1.807) is 0 Å². The van der Waals surface area contributed by atoms with Gasteiger partial charge < -0.3 is 0 Å². The van der Waals surface area contributed by atoms with Gasteiger partial charge in [-0.1, -0.05) is 23.7 Å². The molecule has 0 radical (unpaired) electrons. The van der Waals surface area contributed by atoms with Gasteiger partial charge in [-0.2, -0.15) is 0 Å². The molecule has 0 saturated heterocycles. The lowest BCUT2D eigenvalue weighted by atomic mass is 10.2. The molecule has 0 heterocycles. The van der Waals surface area contributed by atoms with E-state index in [2.05, 4.69) is 10.0 Å². The van der Waals surface area contributed by atoms with Gasteiger partial charge in [0, 0.05) is 4.91 Å². The zero-order valence-electron chi connectivity index (χ0n) is 6.00. The van der Waals surface area contributed by atoms with Crippen LogP contribution < -0.4 is 0 Å². The zero-order chi connectivity index (χ0) is 7.28. The molecule has 50 valence electrons. The van der Waals surface area contributed by atoms with Crippen molar-refractivity contribution >= 4 is 0 Å². The molecule has 0 fully saturated rings. The first kappa shape index (κ1) is 8.05. The summed E-state index contributed by atoms with van der Waals surface area (Å²) in [5.41, 5.74) is 9.15. The average molecular weight is 125 g/mol. The SMILES string of the molecule is CC(C)=CC(C)N=[N+]=[N-]. The Labute approximate surface area is 55.0 Å². The van der Waals surface area contributed by atoms with Crippen LogP contribution in [0.25, 0.3) is 10.4 Å². The van der Waals surface area contributed by atoms with Gasteiger partial charge in [0.05, 0.1) is 6.04 Å². The first-order valence-electron chi connectivity index (χ1n) is 2.86. The van der Waals surface area contributed by atoms with E-state index < -0.39 is 0 Å². The molecule has 3 nitrogen and oxygen atoms in total. The predicted molar refractivity (Wildman–Crippen MR) is 38.0 cm³/mol. The Hall–Kier alpha value is -0.950. The summed E-state index contributed by atoms with van der Waals surface area (Å²) in [7, 11) is 0. The molecule has 3 heteroatoms. The minimum atomic E-state index is -0.0139. The molecule has 9 heavy (non-hydrogen) atoms. The number of nitrogens with zero attached hydrogens (tertiary/aromatic N) is 3. The lowest BCUT2D eigenvalue weighted by molar-refractivity contribution is 0.900. The van der Waals surface area contributed by atoms with Crippen molar-refractivity contribution in [1.82, 2.24) is 0 Å². The third-order valence-corrected chi connectivity index (χ3v) is 0.808. The van der Waals surface area contributed by atoms with Crippen LogP contribution in [0.15, 0.2) is 16.8 Å². The number of rotatable bonds is 2. The van der Waals surface area contributed by atoms with Gasteiger partial charge in [0.2, 0.25) is 0 Å². The molecule has 0 amide bonds. The maximum Gasteiger partial charge on any atom is 0.0529 e. The molecule has 0 spiro atoms. The fraction of sp³-hybridized carbons (Fsp3) is 0.667. The number of azide groups is 1. The molecular weight excluding hydrogens is 114 g/mol. The van der Waals surface area contributed by atoms with Gasteiger partial charge in [0.1, 0.15) is 0 Å². The van der Waals surface area contributed by atoms with Crippen LogP contribution in [0.1, 0.15) is 20.8 Å². The Morgan fingerprint density at radius 1 is 1.67 bits per heavy atom. The van der Waals surface area contributed by atoms with Gasteiger partial charge in [-0.15, -0.1) is 0 Å². The summed E-state index contributed by atoms with van der Waals surface area (Å²) in [5, 5.41) is 3.47. The van der Waals surface area contributed by atoms with Crippen LogP contribution in [0.4, 0.5) is 0 Å². The van der Waals surface area contributed by atoms with Crippen molar-refractivity contribution in [3.63, 3.8) is 0 Å². The molecule has 1 unspecified atom stereocenters. The molecule has 0 aliphatic heterocycles. The Morgan fingerprint density at radius 2 is 2.22 bits per heavy atom. The van der Waals surface area contributed by atoms with E-state index in [0.717, 1.165) is 0 Å². The Balaban J connectivity index is 3.91. The molecule has 0 aliphatic carbocycles. The third-order valence-electron chi connectivity index (χ3n) is 0.808. The first-order chi connectivity index (χ1) is 4.16. The quantitative estimate of drug-likeness (QED) is 0.236. The third kappa shape index (κ3) is 4.91. The highest BCUT2D eigenvalue weighted by molar-refractivity contribution is 4.99. The largest absolute Gasteiger partial charge is 0.0868 e. The van der Waals surface area contributed by atoms with Gasteiger partial charge in [-0.05, 0) is 19.4 Å². The first-order valence-corrected chi connectivity index (χ1v) is 2.86. The summed E-state index contributed by atoms with van der Waals surface area (Å²) >= 11 is 0. The van der Waals surface area contributed by atoms with Gasteiger partial charge in [-0.3, -0.25) is 0 Å². The van der Waals surface area contributed by atoms with Gasteiger partial charge in [-0.25, -0.2) is 0 Å². The second-order valence-corrected chi connectivity index (χ2v) is 2.19. The van der Waals surface area contributed by atoms with Crippen molar-refractivity contribution < 1.29 is 0 Å². The molecule has 0 bridgehead atoms. The van der Waals surface area contributed by atoms with Gasteiger partial charge >= 0.3 is 0 Å². The summed E-state index contributed by atoms with van der Waals surface area (Å²) in [6, 6.07) is -0.0139. The van der Waals surface area contributed by atoms with Crippen molar-refractivity contribution in [3.8, 4) is 0 Å². The van der Waals surface area contributed by atoms with E-state index in [1.807, 2.05) is 26.8 Å². The van der Waals surface area contributed by atoms with E-state index in [0.29, 0.717) is 0 Å². The van der Waals surface area contributed by atoms with Crippen LogP contribution in [-0.4, -0.2) is 6.04 Å². The predicted octanol–water partition coefficient (Wildman–Crippen LogP) is 2.65. The smallest absolute Gasteiger partial charge is 0.0529 e. The van der Waals surface area contributed by atoms with E-state index >= 15 is 0 Å². The van der Waals surface area contributed by atoms with E-state index in [9.17, 15) is 0 Å². The molecular formula is C6H11N3. The van der Waals surface area contributed by atoms with Crippen molar-refractivity contribution in [2.45, 2.75) is 26.8 Å². The van der Waals surface area contributed by atoms with Crippen LogP contribution in [0.2, 0.25) is 0 Å². The number of allylic oxidation sites excluding steroid dienone is 1. The summed E-state index contributed by atoms with van der Waals surface area (Å²) in [6.07, 6.45) is 1.92. The van der Waals surface area contributed by atoms with Crippen LogP contribution >= 0.6 is 0 Å². The average Bonchev–Trinajstić information content (AvgIpc) is 1.63. The van der Waals surface area contributed by atoms with E-state index in [-0.39, 0.29) is 6.04 Å². The maximum absolute atomic E-state index is 7.98. The molecule has 0 N–H and O–H groups in total. The fourth-order valence-corrected chi connectivity index (χ4v) is 0.597. The molecule has 1 atom stereocenters. The Kier molecular flexibility index (Phi) is 3.56.